The standard InChI is InChI=1S/C15H8BrN3O/c16-12-5-10(7-18-8-12)15(20)19-9-11(6-17)13-3-1-2-4-14(13)19/h1-5,7-9H. The number of benzene rings is 1. The van der Waals surface area contributed by atoms with Crippen molar-refractivity contribution in [1.82, 2.24) is 9.55 Å². The van der Waals surface area contributed by atoms with E-state index in [1.165, 1.54) is 10.8 Å². The summed E-state index contributed by atoms with van der Waals surface area (Å²) in [6.45, 7) is 0. The summed E-state index contributed by atoms with van der Waals surface area (Å²) in [6, 6.07) is 11.1. The van der Waals surface area contributed by atoms with Crippen molar-refractivity contribution in [2.75, 3.05) is 0 Å². The van der Waals surface area contributed by atoms with Gasteiger partial charge in [-0.3, -0.25) is 14.3 Å². The number of para-hydroxylation sites is 1. The average molecular weight is 326 g/mol. The van der Waals surface area contributed by atoms with Gasteiger partial charge in [-0.2, -0.15) is 5.26 Å². The lowest BCUT2D eigenvalue weighted by atomic mass is 10.2. The van der Waals surface area contributed by atoms with Crippen LogP contribution in [0.25, 0.3) is 10.9 Å². The van der Waals surface area contributed by atoms with Crippen molar-refractivity contribution >= 4 is 32.7 Å². The van der Waals surface area contributed by atoms with Gasteiger partial charge in [-0.25, -0.2) is 0 Å². The zero-order valence-electron chi connectivity index (χ0n) is 10.2. The summed E-state index contributed by atoms with van der Waals surface area (Å²) in [5, 5.41) is 9.92. The normalized spacial score (nSPS) is 10.4. The molecule has 0 spiro atoms. The van der Waals surface area contributed by atoms with Gasteiger partial charge < -0.3 is 0 Å². The minimum Gasteiger partial charge on any atom is -0.282 e. The van der Waals surface area contributed by atoms with E-state index in [0.29, 0.717) is 16.6 Å². The maximum Gasteiger partial charge on any atom is 0.264 e. The van der Waals surface area contributed by atoms with Crippen molar-refractivity contribution in [3.8, 4) is 6.07 Å². The van der Waals surface area contributed by atoms with Crippen molar-refractivity contribution < 1.29 is 4.79 Å². The Kier molecular flexibility index (Phi) is 3.09. The van der Waals surface area contributed by atoms with Gasteiger partial charge >= 0.3 is 0 Å². The molecule has 2 heterocycles. The fourth-order valence-corrected chi connectivity index (χ4v) is 2.47. The Bertz CT molecular complexity index is 861. The molecule has 0 atom stereocenters. The van der Waals surface area contributed by atoms with E-state index in [2.05, 4.69) is 27.0 Å². The van der Waals surface area contributed by atoms with E-state index in [4.69, 9.17) is 5.26 Å². The van der Waals surface area contributed by atoms with Crippen molar-refractivity contribution in [2.45, 2.75) is 0 Å². The fraction of sp³-hybridized carbons (Fsp3) is 0. The molecule has 20 heavy (non-hydrogen) atoms. The van der Waals surface area contributed by atoms with Crippen LogP contribution in [0.5, 0.6) is 0 Å². The summed E-state index contributed by atoms with van der Waals surface area (Å²) >= 11 is 3.30. The molecular formula is C15H8BrN3O. The molecule has 0 saturated heterocycles. The van der Waals surface area contributed by atoms with Gasteiger partial charge in [0, 0.05) is 28.4 Å². The number of aromatic nitrogens is 2. The first kappa shape index (κ1) is 12.6. The van der Waals surface area contributed by atoms with Crippen molar-refractivity contribution in [3.63, 3.8) is 0 Å². The molecule has 2 aromatic heterocycles. The molecular weight excluding hydrogens is 318 g/mol. The molecule has 4 nitrogen and oxygen atoms in total. The lowest BCUT2D eigenvalue weighted by Crippen LogP contribution is -2.10. The minimum atomic E-state index is -0.212. The van der Waals surface area contributed by atoms with E-state index in [9.17, 15) is 4.79 Å². The largest absolute Gasteiger partial charge is 0.282 e. The van der Waals surface area contributed by atoms with Crippen molar-refractivity contribution in [2.24, 2.45) is 0 Å². The quantitative estimate of drug-likeness (QED) is 0.689. The Hall–Kier alpha value is -2.45. The summed E-state index contributed by atoms with van der Waals surface area (Å²) < 4.78 is 2.22. The molecule has 3 aromatic rings. The SMILES string of the molecule is N#Cc1cn(C(=O)c2cncc(Br)c2)c2ccccc12. The van der Waals surface area contributed by atoms with E-state index in [-0.39, 0.29) is 5.91 Å². The molecule has 0 saturated carbocycles. The molecule has 0 aliphatic rings. The van der Waals surface area contributed by atoms with Crippen LogP contribution in [0.2, 0.25) is 0 Å². The summed E-state index contributed by atoms with van der Waals surface area (Å²) in [5.41, 5.74) is 1.66. The Balaban J connectivity index is 2.20. The summed E-state index contributed by atoms with van der Waals surface area (Å²) in [7, 11) is 0. The molecule has 0 N–H and O–H groups in total. The zero-order chi connectivity index (χ0) is 14.1. The molecule has 0 amide bonds. The predicted octanol–water partition coefficient (Wildman–Crippen LogP) is 3.36. The van der Waals surface area contributed by atoms with Crippen LogP contribution in [-0.4, -0.2) is 15.5 Å². The van der Waals surface area contributed by atoms with E-state index in [0.717, 1.165) is 9.86 Å². The molecule has 1 aromatic carbocycles. The van der Waals surface area contributed by atoms with E-state index >= 15 is 0 Å². The highest BCUT2D eigenvalue weighted by Crippen LogP contribution is 2.22. The van der Waals surface area contributed by atoms with E-state index in [1.54, 1.807) is 18.5 Å². The second-order valence-corrected chi connectivity index (χ2v) is 5.15. The van der Waals surface area contributed by atoms with Gasteiger partial charge in [-0.15, -0.1) is 0 Å². The third-order valence-electron chi connectivity index (χ3n) is 3.00. The van der Waals surface area contributed by atoms with Crippen LogP contribution in [0.4, 0.5) is 0 Å². The zero-order valence-corrected chi connectivity index (χ0v) is 11.8. The molecule has 0 aliphatic heterocycles. The highest BCUT2D eigenvalue weighted by Gasteiger charge is 2.15. The maximum absolute atomic E-state index is 12.5. The lowest BCUT2D eigenvalue weighted by Gasteiger charge is -2.03. The smallest absolute Gasteiger partial charge is 0.264 e. The van der Waals surface area contributed by atoms with Crippen LogP contribution in [0.15, 0.2) is 53.4 Å². The first-order valence-corrected chi connectivity index (χ1v) is 6.65. The van der Waals surface area contributed by atoms with Gasteiger partial charge in [-0.05, 0) is 28.1 Å². The number of halogens is 1. The first-order chi connectivity index (χ1) is 9.70. The molecule has 0 radical (unpaired) electrons. The first-order valence-electron chi connectivity index (χ1n) is 5.86. The van der Waals surface area contributed by atoms with Crippen LogP contribution in [0.1, 0.15) is 15.9 Å². The van der Waals surface area contributed by atoms with Gasteiger partial charge in [0.2, 0.25) is 0 Å². The Labute approximate surface area is 123 Å². The number of pyridine rings is 1. The molecule has 3 rings (SSSR count). The molecule has 0 aliphatic carbocycles. The monoisotopic (exact) mass is 325 g/mol. The molecule has 0 unspecified atom stereocenters. The van der Waals surface area contributed by atoms with Gasteiger partial charge in [0.25, 0.3) is 5.91 Å². The van der Waals surface area contributed by atoms with Crippen molar-refractivity contribution in [1.29, 1.82) is 5.26 Å². The van der Waals surface area contributed by atoms with E-state index in [1.807, 2.05) is 24.3 Å². The average Bonchev–Trinajstić information content (AvgIpc) is 2.85. The number of fused-ring (bicyclic) bond motifs is 1. The predicted molar refractivity (Wildman–Crippen MR) is 78.3 cm³/mol. The summed E-state index contributed by atoms with van der Waals surface area (Å²) in [6.07, 6.45) is 4.69. The summed E-state index contributed by atoms with van der Waals surface area (Å²) in [4.78, 5) is 16.5. The molecule has 5 heteroatoms. The van der Waals surface area contributed by atoms with Gasteiger partial charge in [0.05, 0.1) is 16.6 Å². The number of hydrogen-bond acceptors (Lipinski definition) is 3. The highest BCUT2D eigenvalue weighted by molar-refractivity contribution is 9.10. The highest BCUT2D eigenvalue weighted by atomic mass is 79.9. The van der Waals surface area contributed by atoms with Crippen molar-refractivity contribution in [3.05, 3.63) is 64.5 Å². The number of nitriles is 1. The number of rotatable bonds is 1. The Morgan fingerprint density at radius 3 is 2.85 bits per heavy atom. The van der Waals surface area contributed by atoms with Crippen LogP contribution >= 0.6 is 15.9 Å². The third kappa shape index (κ3) is 2.00. The fourth-order valence-electron chi connectivity index (χ4n) is 2.10. The Morgan fingerprint density at radius 1 is 1.30 bits per heavy atom. The second kappa shape index (κ2) is 4.91. The van der Waals surface area contributed by atoms with E-state index < -0.39 is 0 Å². The number of carbonyl (C=O) groups is 1. The number of hydrogen-bond donors (Lipinski definition) is 0. The molecule has 0 fully saturated rings. The topological polar surface area (TPSA) is 58.7 Å². The maximum atomic E-state index is 12.5. The van der Waals surface area contributed by atoms with Crippen LogP contribution in [0.3, 0.4) is 0 Å². The molecule has 96 valence electrons. The van der Waals surface area contributed by atoms with Crippen LogP contribution in [-0.2, 0) is 0 Å². The summed E-state index contributed by atoms with van der Waals surface area (Å²) in [5.74, 6) is -0.212. The van der Waals surface area contributed by atoms with Crippen LogP contribution in [0, 0.1) is 11.3 Å². The molecule has 0 bridgehead atoms. The number of nitrogens with zero attached hydrogens (tertiary/aromatic N) is 3. The Morgan fingerprint density at radius 2 is 2.10 bits per heavy atom. The van der Waals surface area contributed by atoms with Gasteiger partial charge in [-0.1, -0.05) is 18.2 Å². The lowest BCUT2D eigenvalue weighted by molar-refractivity contribution is 0.0964. The van der Waals surface area contributed by atoms with Crippen LogP contribution < -0.4 is 0 Å². The minimum absolute atomic E-state index is 0.212. The van der Waals surface area contributed by atoms with Gasteiger partial charge in [0.1, 0.15) is 6.07 Å². The third-order valence-corrected chi connectivity index (χ3v) is 3.44. The van der Waals surface area contributed by atoms with Gasteiger partial charge in [0.15, 0.2) is 0 Å². The second-order valence-electron chi connectivity index (χ2n) is 4.24. The number of carbonyl (C=O) groups excluding carboxylic acids is 1.